The monoisotopic (exact) mass is 260 g/mol. The van der Waals surface area contributed by atoms with Crippen molar-refractivity contribution in [3.8, 4) is 5.75 Å². The first kappa shape index (κ1) is 12.9. The molecule has 0 saturated heterocycles. The maximum atomic E-state index is 8.67. The molecule has 3 N–H and O–H groups in total. The minimum Gasteiger partial charge on any atom is -0.497 e. The molecule has 6 nitrogen and oxygen atoms in total. The van der Waals surface area contributed by atoms with Gasteiger partial charge in [0.2, 0.25) is 5.84 Å². The van der Waals surface area contributed by atoms with E-state index in [0.29, 0.717) is 12.4 Å². The highest BCUT2D eigenvalue weighted by atomic mass is 16.5. The Hall–Kier alpha value is -2.50. The van der Waals surface area contributed by atoms with Crippen molar-refractivity contribution in [3.63, 3.8) is 0 Å². The number of methoxy groups -OCH3 is 1. The second-order valence-corrected chi connectivity index (χ2v) is 4.03. The number of hydrogen-bond acceptors (Lipinski definition) is 4. The molecule has 1 aromatic heterocycles. The molecule has 1 heterocycles. The van der Waals surface area contributed by atoms with E-state index in [-0.39, 0.29) is 5.84 Å². The predicted octanol–water partition coefficient (Wildman–Crippen LogP) is 1.23. The van der Waals surface area contributed by atoms with Crippen LogP contribution in [0.4, 0.5) is 0 Å². The van der Waals surface area contributed by atoms with Gasteiger partial charge in [-0.3, -0.25) is 0 Å². The van der Waals surface area contributed by atoms with Crippen molar-refractivity contribution in [1.82, 2.24) is 9.55 Å². The summed E-state index contributed by atoms with van der Waals surface area (Å²) in [5.41, 5.74) is 6.73. The molecule has 100 valence electrons. The molecule has 0 atom stereocenters. The quantitative estimate of drug-likeness (QED) is 0.366. The van der Waals surface area contributed by atoms with Crippen LogP contribution in [0, 0.1) is 0 Å². The third kappa shape index (κ3) is 3.04. The summed E-state index contributed by atoms with van der Waals surface area (Å²) in [6.45, 7) is 0.706. The van der Waals surface area contributed by atoms with Gasteiger partial charge >= 0.3 is 0 Å². The molecule has 0 unspecified atom stereocenters. The zero-order valence-electron chi connectivity index (χ0n) is 10.7. The van der Waals surface area contributed by atoms with E-state index in [1.165, 1.54) is 5.56 Å². The summed E-state index contributed by atoms with van der Waals surface area (Å²) in [6.07, 6.45) is 4.25. The molecule has 0 amide bonds. The molecular formula is C13H16N4O2. The van der Waals surface area contributed by atoms with Gasteiger partial charge in [0.15, 0.2) is 5.82 Å². The number of amidine groups is 1. The van der Waals surface area contributed by atoms with Crippen molar-refractivity contribution in [3.05, 3.63) is 48.0 Å². The summed E-state index contributed by atoms with van der Waals surface area (Å²) in [7, 11) is 1.64. The largest absolute Gasteiger partial charge is 0.497 e. The molecule has 19 heavy (non-hydrogen) atoms. The highest BCUT2D eigenvalue weighted by molar-refractivity contribution is 5.93. The summed E-state index contributed by atoms with van der Waals surface area (Å²) >= 11 is 0. The number of imidazole rings is 1. The van der Waals surface area contributed by atoms with Gasteiger partial charge in [-0.15, -0.1) is 0 Å². The van der Waals surface area contributed by atoms with Gasteiger partial charge in [0, 0.05) is 18.9 Å². The molecule has 6 heteroatoms. The number of rotatable bonds is 5. The van der Waals surface area contributed by atoms with E-state index < -0.39 is 0 Å². The molecular weight excluding hydrogens is 244 g/mol. The zero-order valence-corrected chi connectivity index (χ0v) is 10.7. The smallest absolute Gasteiger partial charge is 0.206 e. The second-order valence-electron chi connectivity index (χ2n) is 4.03. The van der Waals surface area contributed by atoms with Crippen molar-refractivity contribution in [2.24, 2.45) is 10.9 Å². The Morgan fingerprint density at radius 3 is 2.79 bits per heavy atom. The summed E-state index contributed by atoms with van der Waals surface area (Å²) in [6, 6.07) is 7.87. The van der Waals surface area contributed by atoms with Crippen LogP contribution >= 0.6 is 0 Å². The van der Waals surface area contributed by atoms with Crippen molar-refractivity contribution in [2.45, 2.75) is 13.0 Å². The van der Waals surface area contributed by atoms with E-state index in [2.05, 4.69) is 10.1 Å². The number of aromatic nitrogens is 2. The van der Waals surface area contributed by atoms with Crippen LogP contribution in [0.3, 0.4) is 0 Å². The van der Waals surface area contributed by atoms with E-state index in [9.17, 15) is 0 Å². The normalized spacial score (nSPS) is 11.5. The van der Waals surface area contributed by atoms with Crippen LogP contribution in [0.5, 0.6) is 5.75 Å². The fourth-order valence-electron chi connectivity index (χ4n) is 1.81. The van der Waals surface area contributed by atoms with E-state index >= 15 is 0 Å². The lowest BCUT2D eigenvalue weighted by atomic mass is 10.1. The van der Waals surface area contributed by atoms with Crippen LogP contribution < -0.4 is 10.5 Å². The van der Waals surface area contributed by atoms with E-state index in [1.807, 2.05) is 28.8 Å². The summed E-state index contributed by atoms with van der Waals surface area (Å²) < 4.78 is 6.96. The number of nitrogens with zero attached hydrogens (tertiary/aromatic N) is 3. The van der Waals surface area contributed by atoms with Crippen LogP contribution in [0.15, 0.2) is 41.8 Å². The average molecular weight is 260 g/mol. The minimum absolute atomic E-state index is 0.0136. The highest BCUT2D eigenvalue weighted by Gasteiger charge is 2.07. The highest BCUT2D eigenvalue weighted by Crippen LogP contribution is 2.12. The Morgan fingerprint density at radius 2 is 2.16 bits per heavy atom. The molecule has 0 bridgehead atoms. The standard InChI is InChI=1S/C13H16N4O2/c1-19-11-4-2-10(3-5-11)6-8-17-9-7-15-13(17)12(14)16-18/h2-5,7,9,18H,6,8H2,1H3,(H2,14,16). The Balaban J connectivity index is 2.04. The molecule has 0 aliphatic heterocycles. The third-order valence-corrected chi connectivity index (χ3v) is 2.85. The topological polar surface area (TPSA) is 85.7 Å². The molecule has 2 aromatic rings. The average Bonchev–Trinajstić information content (AvgIpc) is 2.93. The summed E-state index contributed by atoms with van der Waals surface area (Å²) in [5, 5.41) is 11.6. The number of nitrogens with two attached hydrogens (primary N) is 1. The number of oxime groups is 1. The fourth-order valence-corrected chi connectivity index (χ4v) is 1.81. The van der Waals surface area contributed by atoms with Gasteiger partial charge in [-0.25, -0.2) is 4.98 Å². The second kappa shape index (κ2) is 5.90. The van der Waals surface area contributed by atoms with Crippen molar-refractivity contribution < 1.29 is 9.94 Å². The van der Waals surface area contributed by atoms with Gasteiger partial charge in [-0.2, -0.15) is 0 Å². The van der Waals surface area contributed by atoms with E-state index in [0.717, 1.165) is 12.2 Å². The van der Waals surface area contributed by atoms with Crippen LogP contribution in [-0.2, 0) is 13.0 Å². The predicted molar refractivity (Wildman–Crippen MR) is 71.4 cm³/mol. The SMILES string of the molecule is COc1ccc(CCn2ccnc2C(N)=NO)cc1. The molecule has 0 spiro atoms. The molecule has 0 saturated carbocycles. The molecule has 0 fully saturated rings. The number of ether oxygens (including phenoxy) is 1. The fraction of sp³-hybridized carbons (Fsp3) is 0.231. The lowest BCUT2D eigenvalue weighted by molar-refractivity contribution is 0.318. The van der Waals surface area contributed by atoms with Crippen molar-refractivity contribution >= 4 is 5.84 Å². The van der Waals surface area contributed by atoms with Crippen LogP contribution in [-0.4, -0.2) is 27.7 Å². The first-order valence-corrected chi connectivity index (χ1v) is 5.86. The lowest BCUT2D eigenvalue weighted by Gasteiger charge is -2.07. The maximum absolute atomic E-state index is 8.67. The maximum Gasteiger partial charge on any atom is 0.206 e. The lowest BCUT2D eigenvalue weighted by Crippen LogP contribution is -2.20. The Kier molecular flexibility index (Phi) is 4.02. The van der Waals surface area contributed by atoms with Crippen LogP contribution in [0.2, 0.25) is 0 Å². The van der Waals surface area contributed by atoms with Crippen molar-refractivity contribution in [2.75, 3.05) is 7.11 Å². The van der Waals surface area contributed by atoms with E-state index in [1.54, 1.807) is 19.5 Å². The Labute approximate surface area is 111 Å². The number of aryl methyl sites for hydroxylation is 2. The minimum atomic E-state index is 0.0136. The van der Waals surface area contributed by atoms with Gasteiger partial charge in [0.1, 0.15) is 5.75 Å². The summed E-state index contributed by atoms with van der Waals surface area (Å²) in [5.74, 6) is 1.32. The van der Waals surface area contributed by atoms with Gasteiger partial charge in [-0.05, 0) is 24.1 Å². The van der Waals surface area contributed by atoms with Crippen molar-refractivity contribution in [1.29, 1.82) is 0 Å². The van der Waals surface area contributed by atoms with Gasteiger partial charge in [0.25, 0.3) is 0 Å². The molecule has 2 rings (SSSR count). The molecule has 0 aliphatic rings. The summed E-state index contributed by atoms with van der Waals surface area (Å²) in [4.78, 5) is 4.05. The van der Waals surface area contributed by atoms with Gasteiger partial charge in [-0.1, -0.05) is 17.3 Å². The Bertz CT molecular complexity index is 560. The molecule has 0 radical (unpaired) electrons. The third-order valence-electron chi connectivity index (χ3n) is 2.85. The molecule has 1 aromatic carbocycles. The first-order chi connectivity index (χ1) is 9.24. The van der Waals surface area contributed by atoms with E-state index in [4.69, 9.17) is 15.7 Å². The van der Waals surface area contributed by atoms with Gasteiger partial charge in [0.05, 0.1) is 7.11 Å². The number of hydrogen-bond donors (Lipinski definition) is 2. The van der Waals surface area contributed by atoms with Crippen LogP contribution in [0.25, 0.3) is 0 Å². The van der Waals surface area contributed by atoms with Crippen LogP contribution in [0.1, 0.15) is 11.4 Å². The number of benzene rings is 1. The van der Waals surface area contributed by atoms with Gasteiger partial charge < -0.3 is 20.2 Å². The first-order valence-electron chi connectivity index (χ1n) is 5.86. The molecule has 0 aliphatic carbocycles. The Morgan fingerprint density at radius 1 is 1.42 bits per heavy atom. The zero-order chi connectivity index (χ0) is 13.7.